The highest BCUT2D eigenvalue weighted by Gasteiger charge is 2.17. The van der Waals surface area contributed by atoms with E-state index in [1.54, 1.807) is 14.2 Å². The fourth-order valence-corrected chi connectivity index (χ4v) is 1.78. The molecule has 1 aliphatic rings. The van der Waals surface area contributed by atoms with Gasteiger partial charge in [-0.05, 0) is 18.1 Å². The molecule has 0 unspecified atom stereocenters. The molecule has 0 amide bonds. The summed E-state index contributed by atoms with van der Waals surface area (Å²) < 4.78 is 16.0. The van der Waals surface area contributed by atoms with Crippen LogP contribution in [-0.2, 0) is 17.8 Å². The van der Waals surface area contributed by atoms with Crippen molar-refractivity contribution in [2.75, 3.05) is 20.8 Å². The minimum absolute atomic E-state index is 0.621. The molecular weight excluding hydrogens is 180 g/mol. The van der Waals surface area contributed by atoms with Crippen LogP contribution in [0, 0.1) is 0 Å². The Morgan fingerprint density at radius 1 is 1.21 bits per heavy atom. The molecule has 1 aliphatic heterocycles. The van der Waals surface area contributed by atoms with Crippen molar-refractivity contribution in [2.24, 2.45) is 0 Å². The van der Waals surface area contributed by atoms with E-state index in [0.717, 1.165) is 30.1 Å². The standard InChI is InChI=1S/C11H14O3/c1-12-10-4-3-8-5-6-14-7-9(8)11(10)13-2/h3-4H,5-7H2,1-2H3. The van der Waals surface area contributed by atoms with E-state index in [2.05, 4.69) is 6.07 Å². The first-order chi connectivity index (χ1) is 6.86. The van der Waals surface area contributed by atoms with Gasteiger partial charge in [0.25, 0.3) is 0 Å². The van der Waals surface area contributed by atoms with E-state index in [4.69, 9.17) is 14.2 Å². The van der Waals surface area contributed by atoms with Gasteiger partial charge in [0.05, 0.1) is 27.4 Å². The van der Waals surface area contributed by atoms with E-state index in [-0.39, 0.29) is 0 Å². The summed E-state index contributed by atoms with van der Waals surface area (Å²) in [6.45, 7) is 1.41. The van der Waals surface area contributed by atoms with Gasteiger partial charge in [-0.25, -0.2) is 0 Å². The number of methoxy groups -OCH3 is 2. The molecule has 0 N–H and O–H groups in total. The van der Waals surface area contributed by atoms with Crippen LogP contribution in [0.2, 0.25) is 0 Å². The van der Waals surface area contributed by atoms with Gasteiger partial charge in [-0.3, -0.25) is 0 Å². The van der Waals surface area contributed by atoms with Crippen molar-refractivity contribution in [2.45, 2.75) is 13.0 Å². The van der Waals surface area contributed by atoms with Gasteiger partial charge in [-0.1, -0.05) is 6.07 Å². The molecule has 1 heterocycles. The first-order valence-corrected chi connectivity index (χ1v) is 4.67. The predicted octanol–water partition coefficient (Wildman–Crippen LogP) is 1.78. The van der Waals surface area contributed by atoms with E-state index < -0.39 is 0 Å². The van der Waals surface area contributed by atoms with Gasteiger partial charge in [0.2, 0.25) is 0 Å². The molecule has 0 aromatic heterocycles. The minimum atomic E-state index is 0.621. The average Bonchev–Trinajstić information content (AvgIpc) is 2.27. The van der Waals surface area contributed by atoms with Crippen molar-refractivity contribution in [1.29, 1.82) is 0 Å². The van der Waals surface area contributed by atoms with Gasteiger partial charge < -0.3 is 14.2 Å². The Hall–Kier alpha value is -1.22. The van der Waals surface area contributed by atoms with Gasteiger partial charge in [-0.15, -0.1) is 0 Å². The number of benzene rings is 1. The van der Waals surface area contributed by atoms with Crippen LogP contribution >= 0.6 is 0 Å². The van der Waals surface area contributed by atoms with E-state index in [1.807, 2.05) is 6.07 Å². The molecule has 0 saturated heterocycles. The molecular formula is C11H14O3. The third kappa shape index (κ3) is 1.44. The molecule has 3 nitrogen and oxygen atoms in total. The molecule has 0 radical (unpaired) electrons. The molecule has 0 spiro atoms. The molecule has 76 valence electrons. The third-order valence-electron chi connectivity index (χ3n) is 2.51. The van der Waals surface area contributed by atoms with Crippen LogP contribution in [0.3, 0.4) is 0 Å². The van der Waals surface area contributed by atoms with Gasteiger partial charge in [0, 0.05) is 5.56 Å². The zero-order chi connectivity index (χ0) is 9.97. The fraction of sp³-hybridized carbons (Fsp3) is 0.455. The van der Waals surface area contributed by atoms with Crippen LogP contribution in [0.15, 0.2) is 12.1 Å². The Bertz CT molecular complexity index is 319. The van der Waals surface area contributed by atoms with Crippen LogP contribution in [0.25, 0.3) is 0 Å². The number of hydrogen-bond acceptors (Lipinski definition) is 3. The van der Waals surface area contributed by atoms with Crippen molar-refractivity contribution in [3.63, 3.8) is 0 Å². The molecule has 0 bridgehead atoms. The van der Waals surface area contributed by atoms with E-state index >= 15 is 0 Å². The Kier molecular flexibility index (Phi) is 2.59. The van der Waals surface area contributed by atoms with Crippen molar-refractivity contribution in [3.05, 3.63) is 23.3 Å². The summed E-state index contributed by atoms with van der Waals surface area (Å²) in [6, 6.07) is 4.03. The largest absolute Gasteiger partial charge is 0.493 e. The van der Waals surface area contributed by atoms with Crippen LogP contribution < -0.4 is 9.47 Å². The van der Waals surface area contributed by atoms with Gasteiger partial charge in [0.15, 0.2) is 11.5 Å². The SMILES string of the molecule is COc1ccc2c(c1OC)COCC2. The molecule has 0 aliphatic carbocycles. The lowest BCUT2D eigenvalue weighted by Crippen LogP contribution is -2.11. The summed E-state index contributed by atoms with van der Waals surface area (Å²) in [5.41, 5.74) is 2.42. The zero-order valence-electron chi connectivity index (χ0n) is 8.50. The molecule has 2 rings (SSSR count). The molecule has 0 saturated carbocycles. The second-order valence-corrected chi connectivity index (χ2v) is 3.24. The summed E-state index contributed by atoms with van der Waals surface area (Å²) in [5.74, 6) is 1.58. The lowest BCUT2D eigenvalue weighted by atomic mass is 10.0. The monoisotopic (exact) mass is 194 g/mol. The van der Waals surface area contributed by atoms with Crippen molar-refractivity contribution in [1.82, 2.24) is 0 Å². The van der Waals surface area contributed by atoms with E-state index in [9.17, 15) is 0 Å². The summed E-state index contributed by atoms with van der Waals surface area (Å²) >= 11 is 0. The maximum Gasteiger partial charge on any atom is 0.166 e. The number of fused-ring (bicyclic) bond motifs is 1. The van der Waals surface area contributed by atoms with Crippen LogP contribution in [0.1, 0.15) is 11.1 Å². The predicted molar refractivity (Wildman–Crippen MR) is 52.9 cm³/mol. The van der Waals surface area contributed by atoms with Crippen LogP contribution in [0.5, 0.6) is 11.5 Å². The molecule has 0 fully saturated rings. The Labute approximate surface area is 83.6 Å². The highest BCUT2D eigenvalue weighted by Crippen LogP contribution is 2.35. The molecule has 0 atom stereocenters. The zero-order valence-corrected chi connectivity index (χ0v) is 8.50. The summed E-state index contributed by atoms with van der Waals surface area (Å²) in [7, 11) is 3.31. The van der Waals surface area contributed by atoms with Crippen molar-refractivity contribution >= 4 is 0 Å². The van der Waals surface area contributed by atoms with Gasteiger partial charge in [0.1, 0.15) is 0 Å². The highest BCUT2D eigenvalue weighted by atomic mass is 16.5. The number of rotatable bonds is 2. The third-order valence-corrected chi connectivity index (χ3v) is 2.51. The highest BCUT2D eigenvalue weighted by molar-refractivity contribution is 5.51. The molecule has 3 heteroatoms. The van der Waals surface area contributed by atoms with Crippen LogP contribution in [0.4, 0.5) is 0 Å². The van der Waals surface area contributed by atoms with Crippen molar-refractivity contribution < 1.29 is 14.2 Å². The maximum atomic E-state index is 5.40. The normalized spacial score (nSPS) is 14.7. The van der Waals surface area contributed by atoms with Crippen molar-refractivity contribution in [3.8, 4) is 11.5 Å². The Balaban J connectivity index is 2.50. The maximum absolute atomic E-state index is 5.40. The Morgan fingerprint density at radius 3 is 2.79 bits per heavy atom. The topological polar surface area (TPSA) is 27.7 Å². The minimum Gasteiger partial charge on any atom is -0.493 e. The smallest absolute Gasteiger partial charge is 0.166 e. The summed E-state index contributed by atoms with van der Waals surface area (Å²) in [6.07, 6.45) is 0.954. The van der Waals surface area contributed by atoms with E-state index in [1.165, 1.54) is 5.56 Å². The Morgan fingerprint density at radius 2 is 2.07 bits per heavy atom. The average molecular weight is 194 g/mol. The second-order valence-electron chi connectivity index (χ2n) is 3.24. The summed E-state index contributed by atoms with van der Waals surface area (Å²) in [5, 5.41) is 0. The van der Waals surface area contributed by atoms with Crippen LogP contribution in [-0.4, -0.2) is 20.8 Å². The molecule has 14 heavy (non-hydrogen) atoms. The van der Waals surface area contributed by atoms with Gasteiger partial charge in [-0.2, -0.15) is 0 Å². The molecule has 1 aromatic rings. The first-order valence-electron chi connectivity index (χ1n) is 4.67. The first kappa shape index (κ1) is 9.34. The second kappa shape index (κ2) is 3.88. The van der Waals surface area contributed by atoms with Gasteiger partial charge >= 0.3 is 0 Å². The number of ether oxygens (including phenoxy) is 3. The fourth-order valence-electron chi connectivity index (χ4n) is 1.78. The molecule has 1 aromatic carbocycles. The number of hydrogen-bond donors (Lipinski definition) is 0. The lowest BCUT2D eigenvalue weighted by Gasteiger charge is -2.20. The van der Waals surface area contributed by atoms with E-state index in [0.29, 0.717) is 6.61 Å². The summed E-state index contributed by atoms with van der Waals surface area (Å²) in [4.78, 5) is 0. The lowest BCUT2D eigenvalue weighted by molar-refractivity contribution is 0.108. The quantitative estimate of drug-likeness (QED) is 0.718.